The second kappa shape index (κ2) is 6.50. The maximum Gasteiger partial charge on any atom is 0.335 e. The van der Waals surface area contributed by atoms with Crippen LogP contribution in [0.5, 0.6) is 0 Å². The molecule has 2 rings (SSSR count). The third kappa shape index (κ3) is 3.91. The fourth-order valence-electron chi connectivity index (χ4n) is 1.76. The highest BCUT2D eigenvalue weighted by atomic mass is 79.9. The van der Waals surface area contributed by atoms with Gasteiger partial charge in [-0.25, -0.2) is 4.79 Å². The van der Waals surface area contributed by atoms with Gasteiger partial charge in [-0.3, -0.25) is 0 Å². The summed E-state index contributed by atoms with van der Waals surface area (Å²) in [6.07, 6.45) is 0. The van der Waals surface area contributed by atoms with Gasteiger partial charge in [-0.1, -0.05) is 52.3 Å². The fraction of sp³-hybridized carbons (Fsp3) is 0.133. The average molecular weight is 320 g/mol. The van der Waals surface area contributed by atoms with Crippen LogP contribution in [0.3, 0.4) is 0 Å². The molecule has 0 saturated carbocycles. The van der Waals surface area contributed by atoms with E-state index >= 15 is 0 Å². The predicted octanol–water partition coefficient (Wildman–Crippen LogP) is 3.44. The minimum absolute atomic E-state index is 0.290. The van der Waals surface area contributed by atoms with Crippen LogP contribution in [-0.4, -0.2) is 11.1 Å². The molecule has 0 spiro atoms. The van der Waals surface area contributed by atoms with E-state index in [1.165, 1.54) is 5.56 Å². The zero-order chi connectivity index (χ0) is 13.7. The Morgan fingerprint density at radius 1 is 1.11 bits per heavy atom. The average Bonchev–Trinajstić information content (AvgIpc) is 2.41. The Morgan fingerprint density at radius 3 is 2.47 bits per heavy atom. The van der Waals surface area contributed by atoms with Crippen molar-refractivity contribution in [3.05, 3.63) is 69.7 Å². The second-order valence-electron chi connectivity index (χ2n) is 4.20. The number of halogens is 1. The molecule has 0 bridgehead atoms. The molecule has 0 aromatic heterocycles. The largest absolute Gasteiger partial charge is 0.478 e. The Kier molecular flexibility index (Phi) is 4.71. The van der Waals surface area contributed by atoms with Crippen LogP contribution in [0.4, 0.5) is 0 Å². The van der Waals surface area contributed by atoms with Gasteiger partial charge >= 0.3 is 5.97 Å². The lowest BCUT2D eigenvalue weighted by molar-refractivity contribution is 0.0697. The van der Waals surface area contributed by atoms with Gasteiger partial charge < -0.3 is 10.4 Å². The summed E-state index contributed by atoms with van der Waals surface area (Å²) in [5, 5.41) is 12.2. The molecule has 4 heteroatoms. The number of aromatic carboxylic acids is 1. The molecule has 0 radical (unpaired) electrons. The van der Waals surface area contributed by atoms with Crippen molar-refractivity contribution in [2.75, 3.05) is 0 Å². The molecule has 0 atom stereocenters. The van der Waals surface area contributed by atoms with Gasteiger partial charge in [-0.05, 0) is 23.3 Å². The number of benzene rings is 2. The minimum atomic E-state index is -0.913. The Balaban J connectivity index is 1.95. The smallest absolute Gasteiger partial charge is 0.335 e. The van der Waals surface area contributed by atoms with E-state index in [4.69, 9.17) is 5.11 Å². The van der Waals surface area contributed by atoms with Crippen molar-refractivity contribution in [2.24, 2.45) is 0 Å². The molecule has 0 heterocycles. The van der Waals surface area contributed by atoms with E-state index < -0.39 is 5.97 Å². The van der Waals surface area contributed by atoms with E-state index in [1.807, 2.05) is 24.3 Å². The predicted molar refractivity (Wildman–Crippen MR) is 78.1 cm³/mol. The fourth-order valence-corrected chi connectivity index (χ4v) is 2.28. The van der Waals surface area contributed by atoms with Crippen LogP contribution in [0.1, 0.15) is 21.5 Å². The van der Waals surface area contributed by atoms with E-state index in [9.17, 15) is 4.79 Å². The first-order valence-electron chi connectivity index (χ1n) is 5.93. The molecule has 0 aliphatic rings. The van der Waals surface area contributed by atoms with Crippen molar-refractivity contribution in [1.82, 2.24) is 5.32 Å². The first kappa shape index (κ1) is 13.8. The van der Waals surface area contributed by atoms with Gasteiger partial charge in [0.1, 0.15) is 0 Å². The van der Waals surface area contributed by atoms with Crippen LogP contribution in [0, 0.1) is 0 Å². The lowest BCUT2D eigenvalue weighted by atomic mass is 10.1. The Morgan fingerprint density at radius 2 is 1.84 bits per heavy atom. The summed E-state index contributed by atoms with van der Waals surface area (Å²) < 4.78 is 0.813. The molecule has 0 saturated heterocycles. The first-order valence-corrected chi connectivity index (χ1v) is 6.72. The van der Waals surface area contributed by atoms with E-state index in [2.05, 4.69) is 33.4 Å². The summed E-state index contributed by atoms with van der Waals surface area (Å²) in [6, 6.07) is 15.2. The zero-order valence-corrected chi connectivity index (χ0v) is 11.9. The Labute approximate surface area is 120 Å². The molecule has 0 unspecified atom stereocenters. The molecule has 2 aromatic rings. The second-order valence-corrected chi connectivity index (χ2v) is 5.05. The lowest BCUT2D eigenvalue weighted by Gasteiger charge is -2.08. The van der Waals surface area contributed by atoms with E-state index in [0.29, 0.717) is 12.1 Å². The zero-order valence-electron chi connectivity index (χ0n) is 10.3. The maximum absolute atomic E-state index is 10.8. The summed E-state index contributed by atoms with van der Waals surface area (Å²) in [6.45, 7) is 1.48. The molecule has 19 heavy (non-hydrogen) atoms. The molecule has 0 aliphatic carbocycles. The number of carboxylic acid groups (broad SMARTS) is 1. The third-order valence-corrected chi connectivity index (χ3v) is 3.53. The van der Waals surface area contributed by atoms with Gasteiger partial charge in [0.25, 0.3) is 0 Å². The normalized spacial score (nSPS) is 10.4. The van der Waals surface area contributed by atoms with E-state index in [0.717, 1.165) is 16.6 Å². The van der Waals surface area contributed by atoms with Crippen LogP contribution >= 0.6 is 15.9 Å². The molecular weight excluding hydrogens is 306 g/mol. The number of hydrogen-bond acceptors (Lipinski definition) is 2. The van der Waals surface area contributed by atoms with Gasteiger partial charge in [0, 0.05) is 17.6 Å². The Hall–Kier alpha value is -1.65. The number of rotatable bonds is 5. The minimum Gasteiger partial charge on any atom is -0.478 e. The number of carboxylic acids is 1. The SMILES string of the molecule is O=C(O)c1ccc(CNCc2ccccc2)c(Br)c1. The molecule has 2 aromatic carbocycles. The third-order valence-electron chi connectivity index (χ3n) is 2.79. The van der Waals surface area contributed by atoms with Crippen molar-refractivity contribution in [3.63, 3.8) is 0 Å². The van der Waals surface area contributed by atoms with E-state index in [1.54, 1.807) is 12.1 Å². The summed E-state index contributed by atoms with van der Waals surface area (Å²) in [4.78, 5) is 10.8. The summed E-state index contributed by atoms with van der Waals surface area (Å²) >= 11 is 3.40. The van der Waals surface area contributed by atoms with Crippen LogP contribution in [-0.2, 0) is 13.1 Å². The van der Waals surface area contributed by atoms with Crippen LogP contribution in [0.25, 0.3) is 0 Å². The summed E-state index contributed by atoms with van der Waals surface area (Å²) in [5.41, 5.74) is 2.56. The van der Waals surface area contributed by atoms with Gasteiger partial charge in [0.2, 0.25) is 0 Å². The first-order chi connectivity index (χ1) is 9.16. The molecular formula is C15H14BrNO2. The summed E-state index contributed by atoms with van der Waals surface area (Å²) in [5.74, 6) is -0.913. The van der Waals surface area contributed by atoms with Gasteiger partial charge in [-0.2, -0.15) is 0 Å². The van der Waals surface area contributed by atoms with Crippen molar-refractivity contribution in [2.45, 2.75) is 13.1 Å². The number of nitrogens with one attached hydrogen (secondary N) is 1. The van der Waals surface area contributed by atoms with Crippen LogP contribution in [0.2, 0.25) is 0 Å². The van der Waals surface area contributed by atoms with Gasteiger partial charge in [0.15, 0.2) is 0 Å². The van der Waals surface area contributed by atoms with Crippen molar-refractivity contribution in [3.8, 4) is 0 Å². The highest BCUT2D eigenvalue weighted by molar-refractivity contribution is 9.10. The highest BCUT2D eigenvalue weighted by Crippen LogP contribution is 2.18. The summed E-state index contributed by atoms with van der Waals surface area (Å²) in [7, 11) is 0. The number of hydrogen-bond donors (Lipinski definition) is 2. The van der Waals surface area contributed by atoms with Gasteiger partial charge in [0.05, 0.1) is 5.56 Å². The Bertz CT molecular complexity index is 570. The highest BCUT2D eigenvalue weighted by Gasteiger charge is 2.06. The quantitative estimate of drug-likeness (QED) is 0.887. The molecule has 3 nitrogen and oxygen atoms in total. The van der Waals surface area contributed by atoms with Crippen molar-refractivity contribution >= 4 is 21.9 Å². The van der Waals surface area contributed by atoms with Gasteiger partial charge in [-0.15, -0.1) is 0 Å². The molecule has 2 N–H and O–H groups in total. The van der Waals surface area contributed by atoms with E-state index in [-0.39, 0.29) is 0 Å². The maximum atomic E-state index is 10.8. The molecule has 0 aliphatic heterocycles. The molecule has 0 amide bonds. The monoisotopic (exact) mass is 319 g/mol. The lowest BCUT2D eigenvalue weighted by Crippen LogP contribution is -2.13. The molecule has 98 valence electrons. The standard InChI is InChI=1S/C15H14BrNO2/c16-14-8-12(15(18)19)6-7-13(14)10-17-9-11-4-2-1-3-5-11/h1-8,17H,9-10H2,(H,18,19). The van der Waals surface area contributed by atoms with Crippen LogP contribution < -0.4 is 5.32 Å². The topological polar surface area (TPSA) is 49.3 Å². The van der Waals surface area contributed by atoms with Crippen LogP contribution in [0.15, 0.2) is 53.0 Å². The number of carbonyl (C=O) groups is 1. The molecule has 0 fully saturated rings. The van der Waals surface area contributed by atoms with Crippen molar-refractivity contribution in [1.29, 1.82) is 0 Å². The van der Waals surface area contributed by atoms with Crippen molar-refractivity contribution < 1.29 is 9.90 Å².